The summed E-state index contributed by atoms with van der Waals surface area (Å²) in [6.07, 6.45) is 0. The van der Waals surface area contributed by atoms with Gasteiger partial charge in [-0.25, -0.2) is 0 Å². The fraction of sp³-hybridized carbons (Fsp3) is 0.333. The van der Waals surface area contributed by atoms with Gasteiger partial charge in [-0.1, -0.05) is 63.2 Å². The number of hydrogen-bond acceptors (Lipinski definition) is 0. The average molecular weight is 198 g/mol. The van der Waals surface area contributed by atoms with Gasteiger partial charge < -0.3 is 0 Å². The Balaban J connectivity index is 2.60. The third-order valence-corrected chi connectivity index (χ3v) is 3.31. The molecule has 2 aromatic carbocycles. The quantitative estimate of drug-likeness (QED) is 0.661. The van der Waals surface area contributed by atoms with Crippen molar-refractivity contribution in [2.75, 3.05) is 0 Å². The number of hydrogen-bond donors (Lipinski definition) is 0. The Bertz CT molecular complexity index is 449. The lowest BCUT2D eigenvalue weighted by molar-refractivity contribution is 0.538. The van der Waals surface area contributed by atoms with Gasteiger partial charge >= 0.3 is 0 Å². The van der Waals surface area contributed by atoms with Gasteiger partial charge in [-0.05, 0) is 28.2 Å². The van der Waals surface area contributed by atoms with Crippen molar-refractivity contribution < 1.29 is 0 Å². The Hall–Kier alpha value is -1.30. The second-order valence-electron chi connectivity index (χ2n) is 4.60. The van der Waals surface area contributed by atoms with Crippen LogP contribution in [0, 0.1) is 5.92 Å². The molecule has 2 rings (SSSR count). The molecular formula is C15H18. The van der Waals surface area contributed by atoms with E-state index in [9.17, 15) is 0 Å². The third-order valence-electron chi connectivity index (χ3n) is 3.31. The molecule has 0 saturated carbocycles. The zero-order chi connectivity index (χ0) is 10.8. The van der Waals surface area contributed by atoms with Crippen molar-refractivity contribution in [2.45, 2.75) is 26.7 Å². The molecule has 0 aliphatic carbocycles. The molecule has 0 bridgehead atoms. The van der Waals surface area contributed by atoms with E-state index in [1.165, 1.54) is 16.3 Å². The fourth-order valence-corrected chi connectivity index (χ4v) is 2.01. The molecule has 0 aliphatic rings. The molecule has 0 aromatic heterocycles. The minimum Gasteiger partial charge on any atom is -0.0622 e. The van der Waals surface area contributed by atoms with Crippen LogP contribution in [-0.4, -0.2) is 0 Å². The molecule has 1 atom stereocenters. The van der Waals surface area contributed by atoms with E-state index in [1.807, 2.05) is 0 Å². The van der Waals surface area contributed by atoms with Gasteiger partial charge in [-0.15, -0.1) is 0 Å². The maximum absolute atomic E-state index is 2.31. The van der Waals surface area contributed by atoms with Gasteiger partial charge in [0.25, 0.3) is 0 Å². The van der Waals surface area contributed by atoms with E-state index in [0.717, 1.165) is 0 Å². The van der Waals surface area contributed by atoms with Crippen LogP contribution in [0.25, 0.3) is 10.8 Å². The molecule has 0 spiro atoms. The van der Waals surface area contributed by atoms with Gasteiger partial charge in [0.1, 0.15) is 0 Å². The van der Waals surface area contributed by atoms with Crippen LogP contribution in [0.5, 0.6) is 0 Å². The standard InChI is InChI=1S/C15H18/c1-11(2)12(3)14-10-6-8-13-7-4-5-9-15(13)14/h4-12H,1-3H3/t12-/m1/s1. The van der Waals surface area contributed by atoms with Crippen molar-refractivity contribution in [3.8, 4) is 0 Å². The van der Waals surface area contributed by atoms with E-state index in [4.69, 9.17) is 0 Å². The van der Waals surface area contributed by atoms with Crippen LogP contribution in [0.2, 0.25) is 0 Å². The Labute approximate surface area is 91.9 Å². The number of rotatable bonds is 2. The molecule has 0 radical (unpaired) electrons. The van der Waals surface area contributed by atoms with Crippen LogP contribution in [0.15, 0.2) is 42.5 Å². The lowest BCUT2D eigenvalue weighted by Crippen LogP contribution is -2.02. The van der Waals surface area contributed by atoms with E-state index >= 15 is 0 Å². The molecule has 0 aliphatic heterocycles. The van der Waals surface area contributed by atoms with Gasteiger partial charge in [0, 0.05) is 0 Å². The van der Waals surface area contributed by atoms with Gasteiger partial charge in [-0.3, -0.25) is 0 Å². The van der Waals surface area contributed by atoms with Crippen LogP contribution in [-0.2, 0) is 0 Å². The summed E-state index contributed by atoms with van der Waals surface area (Å²) in [6, 6.07) is 15.2. The minimum atomic E-state index is 0.621. The predicted octanol–water partition coefficient (Wildman–Crippen LogP) is 4.60. The molecule has 15 heavy (non-hydrogen) atoms. The van der Waals surface area contributed by atoms with Crippen LogP contribution < -0.4 is 0 Å². The van der Waals surface area contributed by atoms with Crippen molar-refractivity contribution in [3.05, 3.63) is 48.0 Å². The second-order valence-corrected chi connectivity index (χ2v) is 4.60. The summed E-state index contributed by atoms with van der Waals surface area (Å²) in [5.74, 6) is 1.31. The Morgan fingerprint density at radius 2 is 1.47 bits per heavy atom. The van der Waals surface area contributed by atoms with Crippen molar-refractivity contribution in [2.24, 2.45) is 5.92 Å². The zero-order valence-corrected chi connectivity index (χ0v) is 9.70. The monoisotopic (exact) mass is 198 g/mol. The van der Waals surface area contributed by atoms with E-state index in [-0.39, 0.29) is 0 Å². The van der Waals surface area contributed by atoms with E-state index in [2.05, 4.69) is 63.2 Å². The van der Waals surface area contributed by atoms with Crippen molar-refractivity contribution >= 4 is 10.8 Å². The SMILES string of the molecule is CC(C)[C@@H](C)c1cccc2ccccc12. The van der Waals surface area contributed by atoms with Gasteiger partial charge in [-0.2, -0.15) is 0 Å². The summed E-state index contributed by atoms with van der Waals surface area (Å²) < 4.78 is 0. The van der Waals surface area contributed by atoms with Crippen molar-refractivity contribution in [3.63, 3.8) is 0 Å². The van der Waals surface area contributed by atoms with Gasteiger partial charge in [0.2, 0.25) is 0 Å². The summed E-state index contributed by atoms with van der Waals surface area (Å²) in [4.78, 5) is 0. The maximum atomic E-state index is 2.31. The molecule has 0 amide bonds. The van der Waals surface area contributed by atoms with Crippen LogP contribution in [0.3, 0.4) is 0 Å². The average Bonchev–Trinajstić information content (AvgIpc) is 2.27. The molecule has 0 fully saturated rings. The van der Waals surface area contributed by atoms with Gasteiger partial charge in [0.05, 0.1) is 0 Å². The summed E-state index contributed by atoms with van der Waals surface area (Å²) in [6.45, 7) is 6.88. The normalized spacial score (nSPS) is 13.3. The molecule has 2 aromatic rings. The Morgan fingerprint density at radius 1 is 0.800 bits per heavy atom. The highest BCUT2D eigenvalue weighted by Crippen LogP contribution is 2.29. The summed E-state index contributed by atoms with van der Waals surface area (Å²) in [5, 5.41) is 2.75. The largest absolute Gasteiger partial charge is 0.0622 e. The van der Waals surface area contributed by atoms with Crippen LogP contribution in [0.4, 0.5) is 0 Å². The summed E-state index contributed by atoms with van der Waals surface area (Å²) >= 11 is 0. The third kappa shape index (κ3) is 1.90. The summed E-state index contributed by atoms with van der Waals surface area (Å²) in [7, 11) is 0. The highest BCUT2D eigenvalue weighted by molar-refractivity contribution is 5.86. The van der Waals surface area contributed by atoms with Gasteiger partial charge in [0.15, 0.2) is 0 Å². The maximum Gasteiger partial charge on any atom is -0.0149 e. The molecular weight excluding hydrogens is 180 g/mol. The van der Waals surface area contributed by atoms with Crippen molar-refractivity contribution in [1.82, 2.24) is 0 Å². The Morgan fingerprint density at radius 3 is 2.20 bits per heavy atom. The molecule has 0 heterocycles. The number of benzene rings is 2. The molecule has 0 saturated heterocycles. The topological polar surface area (TPSA) is 0 Å². The molecule has 0 N–H and O–H groups in total. The first-order valence-corrected chi connectivity index (χ1v) is 5.68. The smallest absolute Gasteiger partial charge is 0.0149 e. The number of fused-ring (bicyclic) bond motifs is 1. The zero-order valence-electron chi connectivity index (χ0n) is 9.70. The summed E-state index contributed by atoms with van der Waals surface area (Å²) in [5.41, 5.74) is 1.48. The van der Waals surface area contributed by atoms with Crippen LogP contribution >= 0.6 is 0 Å². The highest BCUT2D eigenvalue weighted by Gasteiger charge is 2.12. The lowest BCUT2D eigenvalue weighted by atomic mass is 9.87. The van der Waals surface area contributed by atoms with E-state index < -0.39 is 0 Å². The van der Waals surface area contributed by atoms with Crippen molar-refractivity contribution in [1.29, 1.82) is 0 Å². The molecule has 0 unspecified atom stereocenters. The minimum absolute atomic E-state index is 0.621. The highest BCUT2D eigenvalue weighted by atomic mass is 14.2. The first-order chi connectivity index (χ1) is 7.20. The van der Waals surface area contributed by atoms with E-state index in [0.29, 0.717) is 11.8 Å². The fourth-order valence-electron chi connectivity index (χ4n) is 2.01. The first-order valence-electron chi connectivity index (χ1n) is 5.68. The lowest BCUT2D eigenvalue weighted by Gasteiger charge is -2.18. The molecule has 0 heteroatoms. The second kappa shape index (κ2) is 4.06. The first kappa shape index (κ1) is 10.2. The molecule has 78 valence electrons. The van der Waals surface area contributed by atoms with E-state index in [1.54, 1.807) is 0 Å². The predicted molar refractivity (Wildman–Crippen MR) is 67.2 cm³/mol. The van der Waals surface area contributed by atoms with Crippen LogP contribution in [0.1, 0.15) is 32.3 Å². The molecule has 0 nitrogen and oxygen atoms in total. The Kier molecular flexibility index (Phi) is 2.77.